The molecule has 1 fully saturated rings. The lowest BCUT2D eigenvalue weighted by molar-refractivity contribution is -0.138. The van der Waals surface area contributed by atoms with Gasteiger partial charge in [-0.05, 0) is 31.0 Å². The Morgan fingerprint density at radius 1 is 1.18 bits per heavy atom. The third kappa shape index (κ3) is 2.99. The third-order valence-corrected chi connectivity index (χ3v) is 3.82. The molecule has 2 aliphatic rings. The van der Waals surface area contributed by atoms with Crippen LogP contribution >= 0.6 is 0 Å². The highest BCUT2D eigenvalue weighted by molar-refractivity contribution is 5.96. The first-order chi connectivity index (χ1) is 10.6. The van der Waals surface area contributed by atoms with Crippen molar-refractivity contribution in [1.82, 2.24) is 4.90 Å². The maximum Gasteiger partial charge on any atom is 0.323 e. The number of aliphatic carboxylic acids is 1. The largest absolute Gasteiger partial charge is 0.480 e. The lowest BCUT2D eigenvalue weighted by Gasteiger charge is -2.33. The van der Waals surface area contributed by atoms with Crippen molar-refractivity contribution in [3.05, 3.63) is 23.8 Å². The predicted molar refractivity (Wildman–Crippen MR) is 75.1 cm³/mol. The van der Waals surface area contributed by atoms with E-state index in [1.54, 1.807) is 18.2 Å². The van der Waals surface area contributed by atoms with Crippen LogP contribution in [-0.2, 0) is 9.53 Å². The number of carbonyl (C=O) groups excluding carboxylic acids is 1. The Balaban J connectivity index is 1.82. The number of hydrogen-bond acceptors (Lipinski definition) is 5. The number of carboxylic acids is 1. The third-order valence-electron chi connectivity index (χ3n) is 3.82. The molecule has 0 atom stereocenters. The van der Waals surface area contributed by atoms with E-state index in [0.717, 1.165) is 0 Å². The molecule has 0 unspecified atom stereocenters. The van der Waals surface area contributed by atoms with E-state index in [-0.39, 0.29) is 25.3 Å². The predicted octanol–water partition coefficient (Wildman–Crippen LogP) is 1.12. The van der Waals surface area contributed by atoms with Crippen molar-refractivity contribution in [2.45, 2.75) is 18.9 Å². The highest BCUT2D eigenvalue weighted by atomic mass is 16.7. The molecule has 2 aliphatic heterocycles. The number of ether oxygens (including phenoxy) is 3. The van der Waals surface area contributed by atoms with E-state index in [1.807, 2.05) is 0 Å². The quantitative estimate of drug-likeness (QED) is 0.897. The Morgan fingerprint density at radius 3 is 2.64 bits per heavy atom. The highest BCUT2D eigenvalue weighted by Gasteiger charge is 2.29. The summed E-state index contributed by atoms with van der Waals surface area (Å²) in [4.78, 5) is 25.2. The molecule has 7 heteroatoms. The Labute approximate surface area is 127 Å². The molecule has 118 valence electrons. The minimum absolute atomic E-state index is 0.122. The van der Waals surface area contributed by atoms with Crippen LogP contribution in [0.3, 0.4) is 0 Å². The van der Waals surface area contributed by atoms with Crippen molar-refractivity contribution in [3.63, 3.8) is 0 Å². The van der Waals surface area contributed by atoms with Gasteiger partial charge >= 0.3 is 5.97 Å². The standard InChI is InChI=1S/C15H17NO6/c17-14(18)8-16(11-3-5-20-6-4-11)15(19)10-1-2-12-13(7-10)22-9-21-12/h1-2,7,11H,3-6,8-9H2,(H,17,18). The van der Waals surface area contributed by atoms with Crippen molar-refractivity contribution in [3.8, 4) is 11.5 Å². The number of carboxylic acid groups (broad SMARTS) is 1. The van der Waals surface area contributed by atoms with E-state index < -0.39 is 5.97 Å². The van der Waals surface area contributed by atoms with Crippen LogP contribution in [0.1, 0.15) is 23.2 Å². The molecule has 1 amide bonds. The number of hydrogen-bond donors (Lipinski definition) is 1. The summed E-state index contributed by atoms with van der Waals surface area (Å²) < 4.78 is 15.8. The average Bonchev–Trinajstić information content (AvgIpc) is 3.00. The number of carbonyl (C=O) groups is 2. The lowest BCUT2D eigenvalue weighted by atomic mass is 10.0. The van der Waals surface area contributed by atoms with Crippen molar-refractivity contribution < 1.29 is 28.9 Å². The first-order valence-electron chi connectivity index (χ1n) is 7.15. The summed E-state index contributed by atoms with van der Waals surface area (Å²) in [6.45, 7) is 0.883. The normalized spacial score (nSPS) is 17.3. The maximum absolute atomic E-state index is 12.7. The molecule has 3 rings (SSSR count). The van der Waals surface area contributed by atoms with Gasteiger partial charge in [-0.1, -0.05) is 0 Å². The molecule has 0 aromatic heterocycles. The Kier molecular flexibility index (Phi) is 4.15. The maximum atomic E-state index is 12.7. The van der Waals surface area contributed by atoms with Gasteiger partial charge in [-0.25, -0.2) is 0 Å². The van der Waals surface area contributed by atoms with Gasteiger partial charge in [0.2, 0.25) is 6.79 Å². The van der Waals surface area contributed by atoms with Crippen LogP contribution in [0, 0.1) is 0 Å². The van der Waals surface area contributed by atoms with E-state index in [0.29, 0.717) is 43.1 Å². The zero-order valence-electron chi connectivity index (χ0n) is 12.0. The molecule has 0 aliphatic carbocycles. The molecule has 0 saturated carbocycles. The van der Waals surface area contributed by atoms with Crippen LogP contribution in [0.5, 0.6) is 11.5 Å². The zero-order valence-corrected chi connectivity index (χ0v) is 12.0. The average molecular weight is 307 g/mol. The Morgan fingerprint density at radius 2 is 1.91 bits per heavy atom. The van der Waals surface area contributed by atoms with E-state index in [4.69, 9.17) is 19.3 Å². The fourth-order valence-electron chi connectivity index (χ4n) is 2.70. The lowest BCUT2D eigenvalue weighted by Crippen LogP contribution is -2.46. The van der Waals surface area contributed by atoms with Gasteiger partial charge in [0.15, 0.2) is 11.5 Å². The molecule has 0 bridgehead atoms. The first kappa shape index (κ1) is 14.6. The van der Waals surface area contributed by atoms with Gasteiger partial charge in [-0.15, -0.1) is 0 Å². The molecule has 1 N–H and O–H groups in total. The first-order valence-corrected chi connectivity index (χ1v) is 7.15. The monoisotopic (exact) mass is 307 g/mol. The summed E-state index contributed by atoms with van der Waals surface area (Å²) >= 11 is 0. The molecular weight excluding hydrogens is 290 g/mol. The molecule has 7 nitrogen and oxygen atoms in total. The molecule has 0 spiro atoms. The minimum Gasteiger partial charge on any atom is -0.480 e. The smallest absolute Gasteiger partial charge is 0.323 e. The SMILES string of the molecule is O=C(O)CN(C(=O)c1ccc2c(c1)OCO2)C1CCOCC1. The molecule has 0 radical (unpaired) electrons. The van der Waals surface area contributed by atoms with E-state index in [2.05, 4.69) is 0 Å². The van der Waals surface area contributed by atoms with Gasteiger partial charge in [0.25, 0.3) is 5.91 Å². The number of benzene rings is 1. The van der Waals surface area contributed by atoms with Crippen LogP contribution in [0.15, 0.2) is 18.2 Å². The van der Waals surface area contributed by atoms with E-state index >= 15 is 0 Å². The van der Waals surface area contributed by atoms with Crippen LogP contribution in [0.4, 0.5) is 0 Å². The Hall–Kier alpha value is -2.28. The van der Waals surface area contributed by atoms with Crippen LogP contribution in [0.2, 0.25) is 0 Å². The second-order valence-corrected chi connectivity index (χ2v) is 5.24. The summed E-state index contributed by atoms with van der Waals surface area (Å²) in [7, 11) is 0. The summed E-state index contributed by atoms with van der Waals surface area (Å²) in [6, 6.07) is 4.77. The number of amides is 1. The second kappa shape index (κ2) is 6.23. The summed E-state index contributed by atoms with van der Waals surface area (Å²) in [5, 5.41) is 9.10. The molecule has 2 heterocycles. The molecule has 1 saturated heterocycles. The summed E-state index contributed by atoms with van der Waals surface area (Å²) in [6.07, 6.45) is 1.28. The second-order valence-electron chi connectivity index (χ2n) is 5.24. The van der Waals surface area contributed by atoms with E-state index in [9.17, 15) is 9.59 Å². The van der Waals surface area contributed by atoms with Crippen molar-refractivity contribution in [2.75, 3.05) is 26.6 Å². The van der Waals surface area contributed by atoms with Crippen LogP contribution < -0.4 is 9.47 Å². The molecule has 1 aromatic rings. The Bertz CT molecular complexity index is 581. The van der Waals surface area contributed by atoms with Gasteiger partial charge < -0.3 is 24.2 Å². The van der Waals surface area contributed by atoms with Gasteiger partial charge in [0.1, 0.15) is 6.54 Å². The topological polar surface area (TPSA) is 85.3 Å². The van der Waals surface area contributed by atoms with Crippen molar-refractivity contribution >= 4 is 11.9 Å². The summed E-state index contributed by atoms with van der Waals surface area (Å²) in [5.74, 6) is -0.242. The number of nitrogens with zero attached hydrogens (tertiary/aromatic N) is 1. The van der Waals surface area contributed by atoms with Crippen molar-refractivity contribution in [1.29, 1.82) is 0 Å². The van der Waals surface area contributed by atoms with Crippen molar-refractivity contribution in [2.24, 2.45) is 0 Å². The number of fused-ring (bicyclic) bond motifs is 1. The van der Waals surface area contributed by atoms with Gasteiger partial charge in [0, 0.05) is 24.8 Å². The van der Waals surface area contributed by atoms with E-state index in [1.165, 1.54) is 4.90 Å². The minimum atomic E-state index is -1.03. The molecule has 1 aromatic carbocycles. The number of rotatable bonds is 4. The van der Waals surface area contributed by atoms with Gasteiger partial charge in [-0.3, -0.25) is 9.59 Å². The van der Waals surface area contributed by atoms with Gasteiger partial charge in [0.05, 0.1) is 0 Å². The highest BCUT2D eigenvalue weighted by Crippen LogP contribution is 2.33. The van der Waals surface area contributed by atoms with Gasteiger partial charge in [-0.2, -0.15) is 0 Å². The molecular formula is C15H17NO6. The summed E-state index contributed by atoms with van der Waals surface area (Å²) in [5.41, 5.74) is 0.400. The molecule has 22 heavy (non-hydrogen) atoms. The zero-order chi connectivity index (χ0) is 15.5. The fraction of sp³-hybridized carbons (Fsp3) is 0.467. The van der Waals surface area contributed by atoms with Crippen LogP contribution in [0.25, 0.3) is 0 Å². The van der Waals surface area contributed by atoms with Crippen LogP contribution in [-0.4, -0.2) is 54.5 Å². The fourth-order valence-corrected chi connectivity index (χ4v) is 2.70.